The average molecular weight is 196 g/mol. The maximum Gasteiger partial charge on any atom is 0.00222 e. The van der Waals surface area contributed by atoms with Crippen LogP contribution in [0.25, 0.3) is 0 Å². The number of nitrogens with zero attached hydrogens (tertiary/aromatic N) is 1. The molecule has 2 aliphatic rings. The predicted octanol–water partition coefficient (Wildman–Crippen LogP) is 1.72. The standard InChI is InChI=1S/C12H24N2/c1-2-14-8-6-12(10-14)9-13-7-5-11-3-4-11/h11-13H,2-10H2,1H3. The Kier molecular flexibility index (Phi) is 3.82. The van der Waals surface area contributed by atoms with Crippen molar-refractivity contribution in [2.75, 3.05) is 32.7 Å². The molecule has 0 spiro atoms. The molecule has 1 unspecified atom stereocenters. The van der Waals surface area contributed by atoms with Crippen molar-refractivity contribution in [3.8, 4) is 0 Å². The molecule has 1 atom stereocenters. The van der Waals surface area contributed by atoms with E-state index in [4.69, 9.17) is 0 Å². The first-order valence-corrected chi connectivity index (χ1v) is 6.31. The van der Waals surface area contributed by atoms with E-state index in [0.29, 0.717) is 0 Å². The molecule has 0 amide bonds. The van der Waals surface area contributed by atoms with Crippen LogP contribution in [0.4, 0.5) is 0 Å². The first kappa shape index (κ1) is 10.4. The van der Waals surface area contributed by atoms with Gasteiger partial charge in [-0.3, -0.25) is 0 Å². The largest absolute Gasteiger partial charge is 0.316 e. The summed E-state index contributed by atoms with van der Waals surface area (Å²) in [5.41, 5.74) is 0. The van der Waals surface area contributed by atoms with E-state index < -0.39 is 0 Å². The van der Waals surface area contributed by atoms with Gasteiger partial charge in [0.1, 0.15) is 0 Å². The predicted molar refractivity (Wildman–Crippen MR) is 60.4 cm³/mol. The van der Waals surface area contributed by atoms with E-state index in [-0.39, 0.29) is 0 Å². The first-order chi connectivity index (χ1) is 6.88. The third kappa shape index (κ3) is 3.25. The van der Waals surface area contributed by atoms with Crippen molar-refractivity contribution in [2.24, 2.45) is 11.8 Å². The fourth-order valence-electron chi connectivity index (χ4n) is 2.39. The second-order valence-corrected chi connectivity index (χ2v) is 4.98. The van der Waals surface area contributed by atoms with Crippen LogP contribution in [0.3, 0.4) is 0 Å². The molecule has 0 aromatic rings. The quantitative estimate of drug-likeness (QED) is 0.651. The third-order valence-electron chi connectivity index (χ3n) is 3.68. The summed E-state index contributed by atoms with van der Waals surface area (Å²) in [6, 6.07) is 0. The van der Waals surface area contributed by atoms with Crippen LogP contribution in [0, 0.1) is 11.8 Å². The fraction of sp³-hybridized carbons (Fsp3) is 1.00. The van der Waals surface area contributed by atoms with Crippen molar-refractivity contribution < 1.29 is 0 Å². The lowest BCUT2D eigenvalue weighted by Crippen LogP contribution is -2.27. The minimum absolute atomic E-state index is 0.925. The van der Waals surface area contributed by atoms with Crippen molar-refractivity contribution >= 4 is 0 Å². The summed E-state index contributed by atoms with van der Waals surface area (Å²) in [6.45, 7) is 8.66. The zero-order valence-electron chi connectivity index (χ0n) is 9.47. The monoisotopic (exact) mass is 196 g/mol. The Morgan fingerprint density at radius 1 is 1.21 bits per heavy atom. The van der Waals surface area contributed by atoms with Gasteiger partial charge < -0.3 is 10.2 Å². The Balaban J connectivity index is 1.48. The molecule has 1 saturated carbocycles. The molecule has 0 aromatic heterocycles. The van der Waals surface area contributed by atoms with Gasteiger partial charge in [-0.25, -0.2) is 0 Å². The number of hydrogen-bond acceptors (Lipinski definition) is 2. The van der Waals surface area contributed by atoms with Crippen LogP contribution in [0.2, 0.25) is 0 Å². The van der Waals surface area contributed by atoms with E-state index in [1.54, 1.807) is 0 Å². The Hall–Kier alpha value is -0.0800. The highest BCUT2D eigenvalue weighted by atomic mass is 15.1. The highest BCUT2D eigenvalue weighted by Gasteiger charge is 2.22. The fourth-order valence-corrected chi connectivity index (χ4v) is 2.39. The smallest absolute Gasteiger partial charge is 0.00222 e. The highest BCUT2D eigenvalue weighted by Crippen LogP contribution is 2.31. The highest BCUT2D eigenvalue weighted by molar-refractivity contribution is 4.77. The lowest BCUT2D eigenvalue weighted by Gasteiger charge is -2.13. The minimum atomic E-state index is 0.925. The molecule has 0 bridgehead atoms. The maximum absolute atomic E-state index is 3.62. The molecule has 1 N–H and O–H groups in total. The van der Waals surface area contributed by atoms with Crippen molar-refractivity contribution in [1.29, 1.82) is 0 Å². The third-order valence-corrected chi connectivity index (χ3v) is 3.68. The Morgan fingerprint density at radius 3 is 2.71 bits per heavy atom. The van der Waals surface area contributed by atoms with Gasteiger partial charge in [-0.15, -0.1) is 0 Å². The summed E-state index contributed by atoms with van der Waals surface area (Å²) in [5.74, 6) is 2.01. The molecule has 2 fully saturated rings. The van der Waals surface area contributed by atoms with Crippen LogP contribution in [0.5, 0.6) is 0 Å². The lowest BCUT2D eigenvalue weighted by atomic mass is 10.1. The molecular formula is C12H24N2. The summed E-state index contributed by atoms with van der Waals surface area (Å²) in [5, 5.41) is 3.62. The van der Waals surface area contributed by atoms with Gasteiger partial charge in [-0.2, -0.15) is 0 Å². The van der Waals surface area contributed by atoms with Gasteiger partial charge in [0.25, 0.3) is 0 Å². The van der Waals surface area contributed by atoms with E-state index in [0.717, 1.165) is 11.8 Å². The Morgan fingerprint density at radius 2 is 2.07 bits per heavy atom. The van der Waals surface area contributed by atoms with E-state index in [1.807, 2.05) is 0 Å². The van der Waals surface area contributed by atoms with E-state index in [9.17, 15) is 0 Å². The van der Waals surface area contributed by atoms with Crippen LogP contribution < -0.4 is 5.32 Å². The zero-order valence-corrected chi connectivity index (χ0v) is 9.47. The van der Waals surface area contributed by atoms with E-state index >= 15 is 0 Å². The molecule has 82 valence electrons. The van der Waals surface area contributed by atoms with Crippen LogP contribution in [0.15, 0.2) is 0 Å². The summed E-state index contributed by atoms with van der Waals surface area (Å²) < 4.78 is 0. The first-order valence-electron chi connectivity index (χ1n) is 6.31. The van der Waals surface area contributed by atoms with E-state index in [2.05, 4.69) is 17.1 Å². The van der Waals surface area contributed by atoms with Crippen LogP contribution in [-0.4, -0.2) is 37.6 Å². The molecule has 1 aliphatic carbocycles. The molecule has 2 nitrogen and oxygen atoms in total. The molecule has 14 heavy (non-hydrogen) atoms. The second-order valence-electron chi connectivity index (χ2n) is 4.98. The van der Waals surface area contributed by atoms with Gasteiger partial charge in [0.15, 0.2) is 0 Å². The lowest BCUT2D eigenvalue weighted by molar-refractivity contribution is 0.338. The van der Waals surface area contributed by atoms with Crippen molar-refractivity contribution in [2.45, 2.75) is 32.6 Å². The molecule has 2 rings (SSSR count). The molecule has 0 aromatic carbocycles. The minimum Gasteiger partial charge on any atom is -0.316 e. The van der Waals surface area contributed by atoms with Crippen molar-refractivity contribution in [3.63, 3.8) is 0 Å². The molecule has 1 heterocycles. The summed E-state index contributed by atoms with van der Waals surface area (Å²) in [4.78, 5) is 2.56. The van der Waals surface area contributed by atoms with Crippen LogP contribution >= 0.6 is 0 Å². The van der Waals surface area contributed by atoms with Crippen molar-refractivity contribution in [3.05, 3.63) is 0 Å². The van der Waals surface area contributed by atoms with Crippen LogP contribution in [-0.2, 0) is 0 Å². The topological polar surface area (TPSA) is 15.3 Å². The maximum atomic E-state index is 3.62. The van der Waals surface area contributed by atoms with Gasteiger partial charge in [-0.05, 0) is 50.9 Å². The van der Waals surface area contributed by atoms with Gasteiger partial charge >= 0.3 is 0 Å². The molecule has 1 saturated heterocycles. The number of nitrogens with one attached hydrogen (secondary N) is 1. The van der Waals surface area contributed by atoms with Crippen molar-refractivity contribution in [1.82, 2.24) is 10.2 Å². The van der Waals surface area contributed by atoms with Gasteiger partial charge in [0, 0.05) is 6.54 Å². The second kappa shape index (κ2) is 5.13. The number of hydrogen-bond donors (Lipinski definition) is 1. The summed E-state index contributed by atoms with van der Waals surface area (Å²) >= 11 is 0. The van der Waals surface area contributed by atoms with E-state index in [1.165, 1.54) is 58.4 Å². The SMILES string of the molecule is CCN1CCC(CNCCC2CC2)C1. The summed E-state index contributed by atoms with van der Waals surface area (Å²) in [6.07, 6.45) is 5.82. The number of likely N-dealkylation sites (tertiary alicyclic amines) is 1. The average Bonchev–Trinajstić information content (AvgIpc) is 2.91. The molecule has 2 heteroatoms. The molecule has 1 aliphatic heterocycles. The normalized spacial score (nSPS) is 28.5. The van der Waals surface area contributed by atoms with Gasteiger partial charge in [-0.1, -0.05) is 19.8 Å². The number of rotatable bonds is 6. The Bertz CT molecular complexity index is 166. The van der Waals surface area contributed by atoms with Gasteiger partial charge in [0.05, 0.1) is 0 Å². The molecule has 0 radical (unpaired) electrons. The Labute approximate surface area is 88.1 Å². The summed E-state index contributed by atoms with van der Waals surface area (Å²) in [7, 11) is 0. The van der Waals surface area contributed by atoms with Crippen LogP contribution in [0.1, 0.15) is 32.6 Å². The molecular weight excluding hydrogens is 172 g/mol. The zero-order chi connectivity index (χ0) is 9.80. The van der Waals surface area contributed by atoms with Gasteiger partial charge in [0.2, 0.25) is 0 Å².